The lowest BCUT2D eigenvalue weighted by Crippen LogP contribution is -2.39. The number of halogens is 1. The van der Waals surface area contributed by atoms with Crippen molar-refractivity contribution in [3.63, 3.8) is 0 Å². The summed E-state index contributed by atoms with van der Waals surface area (Å²) < 4.78 is 3.05. The van der Waals surface area contributed by atoms with Crippen LogP contribution in [0.1, 0.15) is 18.3 Å². The number of hydrogen-bond donors (Lipinski definition) is 2. The first-order chi connectivity index (χ1) is 10.1. The molecule has 0 fully saturated rings. The molecular formula is C15H21BrN4S. The van der Waals surface area contributed by atoms with Gasteiger partial charge in [0.25, 0.3) is 0 Å². The molecule has 2 aromatic rings. The fourth-order valence-corrected chi connectivity index (χ4v) is 3.65. The maximum atomic E-state index is 5.70. The molecule has 6 heteroatoms. The SMILES string of the molecule is CCc1cc(CC(CSc2cccc(Br)c2)NN)n(C)n1. The molecular weight excluding hydrogens is 348 g/mol. The Morgan fingerprint density at radius 1 is 1.43 bits per heavy atom. The zero-order chi connectivity index (χ0) is 15.2. The van der Waals surface area contributed by atoms with E-state index in [4.69, 9.17) is 5.84 Å². The molecule has 0 radical (unpaired) electrons. The summed E-state index contributed by atoms with van der Waals surface area (Å²) in [6.45, 7) is 2.12. The number of nitrogens with one attached hydrogen (secondary N) is 1. The minimum Gasteiger partial charge on any atom is -0.272 e. The third kappa shape index (κ3) is 4.85. The predicted molar refractivity (Wildman–Crippen MR) is 92.3 cm³/mol. The molecule has 0 spiro atoms. The van der Waals surface area contributed by atoms with Gasteiger partial charge >= 0.3 is 0 Å². The van der Waals surface area contributed by atoms with Crippen LogP contribution in [0.25, 0.3) is 0 Å². The van der Waals surface area contributed by atoms with Gasteiger partial charge in [0.2, 0.25) is 0 Å². The number of hydrazine groups is 1. The number of nitrogens with two attached hydrogens (primary N) is 1. The number of aromatic nitrogens is 2. The van der Waals surface area contributed by atoms with Crippen LogP contribution in [0.3, 0.4) is 0 Å². The normalized spacial score (nSPS) is 12.6. The standard InChI is InChI=1S/C15H21BrN4S/c1-3-12-8-14(20(2)19-12)9-13(18-17)10-21-15-6-4-5-11(16)7-15/h4-8,13,18H,3,9-10,17H2,1-2H3. The van der Waals surface area contributed by atoms with Gasteiger partial charge in [-0.05, 0) is 30.7 Å². The van der Waals surface area contributed by atoms with Gasteiger partial charge in [0, 0.05) is 40.3 Å². The molecule has 0 aliphatic rings. The van der Waals surface area contributed by atoms with E-state index < -0.39 is 0 Å². The van der Waals surface area contributed by atoms with Crippen molar-refractivity contribution < 1.29 is 0 Å². The van der Waals surface area contributed by atoms with Gasteiger partial charge in [0.1, 0.15) is 0 Å². The van der Waals surface area contributed by atoms with E-state index in [-0.39, 0.29) is 6.04 Å². The van der Waals surface area contributed by atoms with Crippen LogP contribution in [0.5, 0.6) is 0 Å². The number of benzene rings is 1. The van der Waals surface area contributed by atoms with Gasteiger partial charge in [-0.15, -0.1) is 11.8 Å². The molecule has 114 valence electrons. The Labute approximate surface area is 138 Å². The van der Waals surface area contributed by atoms with Crippen molar-refractivity contribution in [3.05, 3.63) is 46.2 Å². The van der Waals surface area contributed by atoms with Crippen LogP contribution in [-0.4, -0.2) is 21.6 Å². The lowest BCUT2D eigenvalue weighted by atomic mass is 10.2. The van der Waals surface area contributed by atoms with Gasteiger partial charge in [-0.1, -0.05) is 28.9 Å². The van der Waals surface area contributed by atoms with Crippen LogP contribution in [-0.2, 0) is 19.9 Å². The molecule has 0 bridgehead atoms. The van der Waals surface area contributed by atoms with Gasteiger partial charge < -0.3 is 0 Å². The number of nitrogens with zero attached hydrogens (tertiary/aromatic N) is 2. The van der Waals surface area contributed by atoms with E-state index in [1.807, 2.05) is 23.9 Å². The van der Waals surface area contributed by atoms with Crippen LogP contribution >= 0.6 is 27.7 Å². The maximum Gasteiger partial charge on any atom is 0.0624 e. The van der Waals surface area contributed by atoms with Crippen molar-refractivity contribution in [1.29, 1.82) is 0 Å². The average molecular weight is 369 g/mol. The highest BCUT2D eigenvalue weighted by Crippen LogP contribution is 2.23. The molecule has 0 amide bonds. The lowest BCUT2D eigenvalue weighted by Gasteiger charge is -2.15. The Morgan fingerprint density at radius 2 is 2.24 bits per heavy atom. The summed E-state index contributed by atoms with van der Waals surface area (Å²) in [5.74, 6) is 6.62. The van der Waals surface area contributed by atoms with Gasteiger partial charge in [-0.2, -0.15) is 5.10 Å². The van der Waals surface area contributed by atoms with Crippen molar-refractivity contribution >= 4 is 27.7 Å². The number of hydrogen-bond acceptors (Lipinski definition) is 4. The molecule has 3 N–H and O–H groups in total. The smallest absolute Gasteiger partial charge is 0.0624 e. The molecule has 0 saturated carbocycles. The Bertz CT molecular complexity index is 585. The van der Waals surface area contributed by atoms with Crippen LogP contribution in [0.2, 0.25) is 0 Å². The largest absolute Gasteiger partial charge is 0.272 e. The molecule has 0 aliphatic carbocycles. The summed E-state index contributed by atoms with van der Waals surface area (Å²) in [4.78, 5) is 1.24. The summed E-state index contributed by atoms with van der Waals surface area (Å²) in [6.07, 6.45) is 1.84. The third-order valence-corrected chi connectivity index (χ3v) is 4.98. The van der Waals surface area contributed by atoms with Crippen LogP contribution in [0.4, 0.5) is 0 Å². The molecule has 21 heavy (non-hydrogen) atoms. The van der Waals surface area contributed by atoms with Crippen LogP contribution < -0.4 is 11.3 Å². The number of thioether (sulfide) groups is 1. The highest BCUT2D eigenvalue weighted by atomic mass is 79.9. The molecule has 4 nitrogen and oxygen atoms in total. The quantitative estimate of drug-likeness (QED) is 0.448. The topological polar surface area (TPSA) is 55.9 Å². The van der Waals surface area contributed by atoms with Crippen molar-refractivity contribution in [2.45, 2.75) is 30.7 Å². The van der Waals surface area contributed by atoms with Crippen LogP contribution in [0, 0.1) is 0 Å². The Balaban J connectivity index is 1.95. The molecule has 1 atom stereocenters. The Hall–Kier alpha value is -0.820. The third-order valence-electron chi connectivity index (χ3n) is 3.33. The average Bonchev–Trinajstić information content (AvgIpc) is 2.84. The first-order valence-corrected chi connectivity index (χ1v) is 8.76. The number of aryl methyl sites for hydroxylation is 2. The van der Waals surface area contributed by atoms with Gasteiger partial charge in [0.05, 0.1) is 5.69 Å². The summed E-state index contributed by atoms with van der Waals surface area (Å²) >= 11 is 5.30. The monoisotopic (exact) mass is 368 g/mol. The molecule has 1 aromatic carbocycles. The molecule has 0 aliphatic heterocycles. The summed E-state index contributed by atoms with van der Waals surface area (Å²) in [5.41, 5.74) is 5.26. The highest BCUT2D eigenvalue weighted by molar-refractivity contribution is 9.10. The fourth-order valence-electron chi connectivity index (χ4n) is 2.11. The van der Waals surface area contributed by atoms with E-state index in [1.54, 1.807) is 11.8 Å². The predicted octanol–water partition coefficient (Wildman–Crippen LogP) is 2.91. The summed E-state index contributed by atoms with van der Waals surface area (Å²) in [7, 11) is 1.99. The Kier molecular flexibility index (Phi) is 6.29. The molecule has 1 unspecified atom stereocenters. The van der Waals surface area contributed by atoms with E-state index >= 15 is 0 Å². The van der Waals surface area contributed by atoms with Crippen molar-refractivity contribution in [2.24, 2.45) is 12.9 Å². The summed E-state index contributed by atoms with van der Waals surface area (Å²) in [5, 5.41) is 4.48. The second-order valence-corrected chi connectivity index (χ2v) is 6.95. The van der Waals surface area contributed by atoms with Crippen molar-refractivity contribution in [1.82, 2.24) is 15.2 Å². The van der Waals surface area contributed by atoms with E-state index in [1.165, 1.54) is 10.6 Å². The fraction of sp³-hybridized carbons (Fsp3) is 0.400. The zero-order valence-corrected chi connectivity index (χ0v) is 14.7. The van der Waals surface area contributed by atoms with Gasteiger partial charge in [-0.25, -0.2) is 0 Å². The zero-order valence-electron chi connectivity index (χ0n) is 12.3. The van der Waals surface area contributed by atoms with Crippen molar-refractivity contribution in [2.75, 3.05) is 5.75 Å². The van der Waals surface area contributed by atoms with Crippen LogP contribution in [0.15, 0.2) is 39.7 Å². The molecule has 1 aromatic heterocycles. The summed E-state index contributed by atoms with van der Waals surface area (Å²) in [6, 6.07) is 10.7. The lowest BCUT2D eigenvalue weighted by molar-refractivity contribution is 0.550. The highest BCUT2D eigenvalue weighted by Gasteiger charge is 2.12. The van der Waals surface area contributed by atoms with Gasteiger partial charge in [-0.3, -0.25) is 16.0 Å². The van der Waals surface area contributed by atoms with E-state index in [0.717, 1.165) is 28.8 Å². The van der Waals surface area contributed by atoms with E-state index in [2.05, 4.69) is 51.6 Å². The van der Waals surface area contributed by atoms with Gasteiger partial charge in [0.15, 0.2) is 0 Å². The Morgan fingerprint density at radius 3 is 2.86 bits per heavy atom. The van der Waals surface area contributed by atoms with Crippen molar-refractivity contribution in [3.8, 4) is 0 Å². The molecule has 0 saturated heterocycles. The molecule has 1 heterocycles. The minimum absolute atomic E-state index is 0.217. The maximum absolute atomic E-state index is 5.70. The molecule has 2 rings (SSSR count). The minimum atomic E-state index is 0.217. The first kappa shape index (κ1) is 16.5. The first-order valence-electron chi connectivity index (χ1n) is 6.98. The number of rotatable bonds is 7. The second-order valence-electron chi connectivity index (χ2n) is 4.94. The van der Waals surface area contributed by atoms with E-state index in [9.17, 15) is 0 Å². The van der Waals surface area contributed by atoms with E-state index in [0.29, 0.717) is 0 Å². The second kappa shape index (κ2) is 7.98.